The van der Waals surface area contributed by atoms with E-state index in [4.69, 9.17) is 4.74 Å². The van der Waals surface area contributed by atoms with Crippen LogP contribution in [0.4, 0.5) is 11.4 Å². The Morgan fingerprint density at radius 2 is 1.59 bits per heavy atom. The summed E-state index contributed by atoms with van der Waals surface area (Å²) in [6, 6.07) is 12.5. The van der Waals surface area contributed by atoms with Gasteiger partial charge in [-0.05, 0) is 67.8 Å². The lowest BCUT2D eigenvalue weighted by molar-refractivity contribution is -0.122. The Bertz CT molecular complexity index is 1190. The van der Waals surface area contributed by atoms with E-state index in [1.165, 1.54) is 23.5 Å². The number of anilines is 2. The molecule has 11 heteroatoms. The molecule has 0 bridgehead atoms. The Hall–Kier alpha value is -2.63. The molecule has 1 atom stereocenters. The highest BCUT2D eigenvalue weighted by Gasteiger charge is 2.26. The van der Waals surface area contributed by atoms with Gasteiger partial charge < -0.3 is 10.1 Å². The Balaban J connectivity index is 1.63. The van der Waals surface area contributed by atoms with Gasteiger partial charge in [0.1, 0.15) is 5.75 Å². The fourth-order valence-electron chi connectivity index (χ4n) is 3.60. The van der Waals surface area contributed by atoms with E-state index < -0.39 is 26.2 Å². The first-order chi connectivity index (χ1) is 16.0. The number of nitrogens with one attached hydrogen (secondary N) is 1. The molecule has 9 nitrogen and oxygen atoms in total. The minimum absolute atomic E-state index is 0.204. The van der Waals surface area contributed by atoms with Gasteiger partial charge in [-0.1, -0.05) is 13.3 Å². The van der Waals surface area contributed by atoms with Crippen molar-refractivity contribution in [2.24, 2.45) is 0 Å². The van der Waals surface area contributed by atoms with Crippen LogP contribution in [0.25, 0.3) is 0 Å². The third kappa shape index (κ3) is 6.28. The minimum atomic E-state index is -3.53. The van der Waals surface area contributed by atoms with Gasteiger partial charge in [-0.15, -0.1) is 0 Å². The molecule has 3 rings (SSSR count). The van der Waals surface area contributed by atoms with Crippen LogP contribution >= 0.6 is 0 Å². The van der Waals surface area contributed by atoms with Gasteiger partial charge in [0, 0.05) is 25.8 Å². The standard InChI is InChI=1S/C23H31N3O6S2/c1-4-22(32-20-12-10-19(11-13-20)25(2)33(3,28)29)23(27)24-18-8-14-21(15-9-18)34(30,31)26-16-6-5-7-17-26/h8-15,22H,4-7,16-17H2,1-3H3,(H,24,27). The molecule has 0 spiro atoms. The van der Waals surface area contributed by atoms with Crippen LogP contribution in [0.1, 0.15) is 32.6 Å². The average Bonchev–Trinajstić information content (AvgIpc) is 2.82. The van der Waals surface area contributed by atoms with Crippen LogP contribution < -0.4 is 14.4 Å². The lowest BCUT2D eigenvalue weighted by Crippen LogP contribution is -2.35. The second-order valence-corrected chi connectivity index (χ2v) is 12.2. The first-order valence-electron chi connectivity index (χ1n) is 11.1. The maximum absolute atomic E-state index is 12.8. The SMILES string of the molecule is CCC(Oc1ccc(N(C)S(C)(=O)=O)cc1)C(=O)Nc1ccc(S(=O)(=O)N2CCCCC2)cc1. The molecular weight excluding hydrogens is 478 g/mol. The summed E-state index contributed by atoms with van der Waals surface area (Å²) in [5, 5.41) is 2.76. The van der Waals surface area contributed by atoms with E-state index in [9.17, 15) is 21.6 Å². The molecule has 1 fully saturated rings. The fraction of sp³-hybridized carbons (Fsp3) is 0.435. The van der Waals surface area contributed by atoms with E-state index in [-0.39, 0.29) is 10.8 Å². The molecule has 0 aromatic heterocycles. The maximum atomic E-state index is 12.8. The minimum Gasteiger partial charge on any atom is -0.481 e. The first kappa shape index (κ1) is 26.0. The summed E-state index contributed by atoms with van der Waals surface area (Å²) in [5.74, 6) is 0.0575. The van der Waals surface area contributed by atoms with Crippen LogP contribution in [0, 0.1) is 0 Å². The number of carbonyl (C=O) groups excluding carboxylic acids is 1. The number of rotatable bonds is 9. The molecule has 34 heavy (non-hydrogen) atoms. The van der Waals surface area contributed by atoms with Crippen LogP contribution in [0.5, 0.6) is 5.75 Å². The average molecular weight is 510 g/mol. The highest BCUT2D eigenvalue weighted by Crippen LogP contribution is 2.24. The van der Waals surface area contributed by atoms with Crippen molar-refractivity contribution in [2.45, 2.75) is 43.6 Å². The predicted octanol–water partition coefficient (Wildman–Crippen LogP) is 3.05. The molecule has 1 unspecified atom stereocenters. The Labute approximate surface area is 201 Å². The summed E-state index contributed by atoms with van der Waals surface area (Å²) in [7, 11) is -5.45. The van der Waals surface area contributed by atoms with Crippen LogP contribution in [0.2, 0.25) is 0 Å². The van der Waals surface area contributed by atoms with Crippen molar-refractivity contribution in [3.63, 3.8) is 0 Å². The van der Waals surface area contributed by atoms with Gasteiger partial charge in [-0.3, -0.25) is 9.10 Å². The molecule has 2 aromatic carbocycles. The predicted molar refractivity (Wildman–Crippen MR) is 132 cm³/mol. The van der Waals surface area contributed by atoms with Crippen LogP contribution in [0.15, 0.2) is 53.4 Å². The third-order valence-corrected chi connectivity index (χ3v) is 8.83. The van der Waals surface area contributed by atoms with Crippen molar-refractivity contribution in [3.8, 4) is 5.75 Å². The zero-order chi connectivity index (χ0) is 24.9. The van der Waals surface area contributed by atoms with E-state index >= 15 is 0 Å². The molecule has 2 aromatic rings. The lowest BCUT2D eigenvalue weighted by Gasteiger charge is -2.26. The Morgan fingerprint density at radius 1 is 1.00 bits per heavy atom. The second kappa shape index (κ2) is 10.7. The quantitative estimate of drug-likeness (QED) is 0.556. The van der Waals surface area contributed by atoms with Gasteiger partial charge in [0.15, 0.2) is 6.10 Å². The van der Waals surface area contributed by atoms with Crippen molar-refractivity contribution in [2.75, 3.05) is 36.0 Å². The highest BCUT2D eigenvalue weighted by atomic mass is 32.2. The molecule has 1 amide bonds. The number of sulfonamides is 2. The first-order valence-corrected chi connectivity index (χ1v) is 14.4. The smallest absolute Gasteiger partial charge is 0.265 e. The van der Waals surface area contributed by atoms with Crippen LogP contribution in [-0.2, 0) is 24.8 Å². The zero-order valence-electron chi connectivity index (χ0n) is 19.6. The molecular formula is C23H31N3O6S2. The summed E-state index contributed by atoms with van der Waals surface area (Å²) in [6.07, 6.45) is 3.50. The van der Waals surface area contributed by atoms with Crippen molar-refractivity contribution >= 4 is 37.3 Å². The molecule has 0 saturated carbocycles. The molecule has 1 aliphatic heterocycles. The lowest BCUT2D eigenvalue weighted by atomic mass is 10.2. The molecule has 0 radical (unpaired) electrons. The number of amides is 1. The molecule has 1 N–H and O–H groups in total. The summed E-state index contributed by atoms with van der Waals surface area (Å²) in [4.78, 5) is 12.9. The molecule has 1 aliphatic rings. The summed E-state index contributed by atoms with van der Waals surface area (Å²) >= 11 is 0. The maximum Gasteiger partial charge on any atom is 0.265 e. The van der Waals surface area contributed by atoms with Crippen molar-refractivity contribution in [3.05, 3.63) is 48.5 Å². The van der Waals surface area contributed by atoms with Gasteiger partial charge in [0.2, 0.25) is 20.0 Å². The van der Waals surface area contributed by atoms with E-state index in [1.807, 2.05) is 6.92 Å². The zero-order valence-corrected chi connectivity index (χ0v) is 21.2. The number of ether oxygens (including phenoxy) is 1. The summed E-state index contributed by atoms with van der Waals surface area (Å²) in [6.45, 7) is 2.87. The van der Waals surface area contributed by atoms with Crippen molar-refractivity contribution < 1.29 is 26.4 Å². The molecule has 186 valence electrons. The van der Waals surface area contributed by atoms with Crippen LogP contribution in [0.3, 0.4) is 0 Å². The van der Waals surface area contributed by atoms with E-state index in [0.717, 1.165) is 29.8 Å². The third-order valence-electron chi connectivity index (χ3n) is 5.71. The van der Waals surface area contributed by atoms with Gasteiger partial charge in [-0.2, -0.15) is 4.31 Å². The van der Waals surface area contributed by atoms with Gasteiger partial charge >= 0.3 is 0 Å². The van der Waals surface area contributed by atoms with Crippen LogP contribution in [-0.4, -0.2) is 59.5 Å². The van der Waals surface area contributed by atoms with Gasteiger partial charge in [0.25, 0.3) is 5.91 Å². The fourth-order valence-corrected chi connectivity index (χ4v) is 5.62. The number of benzene rings is 2. The number of hydrogen-bond donors (Lipinski definition) is 1. The Kier molecular flexibility index (Phi) is 8.21. The molecule has 0 aliphatic carbocycles. The van der Waals surface area contributed by atoms with Crippen molar-refractivity contribution in [1.82, 2.24) is 4.31 Å². The number of piperidine rings is 1. The van der Waals surface area contributed by atoms with Gasteiger partial charge in [-0.25, -0.2) is 16.8 Å². The second-order valence-electron chi connectivity index (χ2n) is 8.22. The molecule has 1 saturated heterocycles. The topological polar surface area (TPSA) is 113 Å². The summed E-state index contributed by atoms with van der Waals surface area (Å²) in [5.41, 5.74) is 0.946. The largest absolute Gasteiger partial charge is 0.481 e. The van der Waals surface area contributed by atoms with E-state index in [2.05, 4.69) is 5.32 Å². The number of hydrogen-bond acceptors (Lipinski definition) is 6. The molecule has 1 heterocycles. The Morgan fingerprint density at radius 3 is 2.12 bits per heavy atom. The number of carbonyl (C=O) groups is 1. The van der Waals surface area contributed by atoms with E-state index in [0.29, 0.717) is 36.6 Å². The van der Waals surface area contributed by atoms with Crippen molar-refractivity contribution in [1.29, 1.82) is 0 Å². The number of nitrogens with zero attached hydrogens (tertiary/aromatic N) is 2. The monoisotopic (exact) mass is 509 g/mol. The normalized spacial score (nSPS) is 16.0. The van der Waals surface area contributed by atoms with Gasteiger partial charge in [0.05, 0.1) is 16.8 Å². The summed E-state index contributed by atoms with van der Waals surface area (Å²) < 4.78 is 57.3. The highest BCUT2D eigenvalue weighted by molar-refractivity contribution is 7.92. The van der Waals surface area contributed by atoms with E-state index in [1.54, 1.807) is 36.4 Å².